The van der Waals surface area contributed by atoms with Gasteiger partial charge in [-0.3, -0.25) is 4.79 Å². The topological polar surface area (TPSA) is 47.6 Å². The van der Waals surface area contributed by atoms with Gasteiger partial charge in [0.1, 0.15) is 19.5 Å². The summed E-state index contributed by atoms with van der Waals surface area (Å²) in [4.78, 5) is 12.0. The summed E-state index contributed by atoms with van der Waals surface area (Å²) in [7, 11) is 0. The summed E-state index contributed by atoms with van der Waals surface area (Å²) in [5, 5.41) is 2.90. The minimum atomic E-state index is -0.245. The molecule has 2 rings (SSSR count). The lowest BCUT2D eigenvalue weighted by Crippen LogP contribution is -2.30. The maximum absolute atomic E-state index is 12.0. The number of hydrogen-bond acceptors (Lipinski definition) is 3. The molecule has 1 heterocycles. The van der Waals surface area contributed by atoms with Crippen molar-refractivity contribution in [2.24, 2.45) is 0 Å². The normalized spacial score (nSPS) is 15.9. The standard InChI is InChI=1S/C16H21NO3/c1-11(2)13-4-6-14(7-5-13)12(3)17-16(18)15-10-19-8-9-20-15/h4-7,10-12H,8-9H2,1-3H3,(H,17,18). The lowest BCUT2D eigenvalue weighted by molar-refractivity contribution is -0.122. The number of benzene rings is 1. The van der Waals surface area contributed by atoms with Gasteiger partial charge < -0.3 is 14.8 Å². The summed E-state index contributed by atoms with van der Waals surface area (Å²) in [6, 6.07) is 8.22. The quantitative estimate of drug-likeness (QED) is 0.919. The fourth-order valence-corrected chi connectivity index (χ4v) is 2.01. The van der Waals surface area contributed by atoms with Crippen LogP contribution in [0.5, 0.6) is 0 Å². The highest BCUT2D eigenvalue weighted by Gasteiger charge is 2.17. The Balaban J connectivity index is 1.98. The number of nitrogens with one attached hydrogen (secondary N) is 1. The van der Waals surface area contributed by atoms with E-state index in [9.17, 15) is 4.79 Å². The molecule has 1 aliphatic rings. The molecule has 1 aromatic rings. The predicted molar refractivity (Wildman–Crippen MR) is 77.1 cm³/mol. The van der Waals surface area contributed by atoms with E-state index in [0.29, 0.717) is 19.1 Å². The van der Waals surface area contributed by atoms with E-state index >= 15 is 0 Å². The van der Waals surface area contributed by atoms with Gasteiger partial charge in [-0.2, -0.15) is 0 Å². The van der Waals surface area contributed by atoms with Crippen LogP contribution in [0.15, 0.2) is 36.3 Å². The highest BCUT2D eigenvalue weighted by atomic mass is 16.6. The SMILES string of the molecule is CC(C)c1ccc(C(C)NC(=O)C2=COCCO2)cc1. The zero-order valence-electron chi connectivity index (χ0n) is 12.2. The van der Waals surface area contributed by atoms with Crippen LogP contribution in [-0.2, 0) is 14.3 Å². The summed E-state index contributed by atoms with van der Waals surface area (Å²) < 4.78 is 10.3. The Hall–Kier alpha value is -1.97. The van der Waals surface area contributed by atoms with Crippen LogP contribution in [0.25, 0.3) is 0 Å². The molecule has 0 saturated carbocycles. The average molecular weight is 275 g/mol. The molecule has 0 bridgehead atoms. The van der Waals surface area contributed by atoms with Gasteiger partial charge in [0.05, 0.1) is 6.04 Å². The molecule has 1 amide bonds. The Morgan fingerprint density at radius 2 is 1.75 bits per heavy atom. The second kappa shape index (κ2) is 6.46. The molecular weight excluding hydrogens is 254 g/mol. The van der Waals surface area contributed by atoms with Crippen molar-refractivity contribution in [3.05, 3.63) is 47.4 Å². The van der Waals surface area contributed by atoms with Gasteiger partial charge in [0.2, 0.25) is 5.76 Å². The molecule has 0 aliphatic carbocycles. The van der Waals surface area contributed by atoms with Gasteiger partial charge >= 0.3 is 0 Å². The second-order valence-corrected chi connectivity index (χ2v) is 5.22. The summed E-state index contributed by atoms with van der Waals surface area (Å²) in [6.07, 6.45) is 1.37. The average Bonchev–Trinajstić information content (AvgIpc) is 2.48. The number of rotatable bonds is 4. The lowest BCUT2D eigenvalue weighted by atomic mass is 9.99. The number of carbonyl (C=O) groups excluding carboxylic acids is 1. The Morgan fingerprint density at radius 1 is 1.10 bits per heavy atom. The van der Waals surface area contributed by atoms with Crippen molar-refractivity contribution in [1.29, 1.82) is 0 Å². The first-order valence-corrected chi connectivity index (χ1v) is 6.93. The van der Waals surface area contributed by atoms with E-state index in [2.05, 4.69) is 31.3 Å². The largest absolute Gasteiger partial charge is 0.494 e. The van der Waals surface area contributed by atoms with E-state index in [1.165, 1.54) is 11.8 Å². The predicted octanol–water partition coefficient (Wildman–Crippen LogP) is 2.88. The molecule has 0 fully saturated rings. The Bertz CT molecular complexity index is 491. The summed E-state index contributed by atoms with van der Waals surface area (Å²) in [5.41, 5.74) is 2.36. The van der Waals surface area contributed by atoms with Gasteiger partial charge in [-0.1, -0.05) is 38.1 Å². The molecule has 0 saturated heterocycles. The molecule has 1 aliphatic heterocycles. The van der Waals surface area contributed by atoms with E-state index in [4.69, 9.17) is 9.47 Å². The third-order valence-corrected chi connectivity index (χ3v) is 3.32. The van der Waals surface area contributed by atoms with Crippen LogP contribution in [0, 0.1) is 0 Å². The van der Waals surface area contributed by atoms with Crippen LogP contribution in [0.3, 0.4) is 0 Å². The first-order chi connectivity index (χ1) is 9.58. The van der Waals surface area contributed by atoms with Gasteiger partial charge in [0, 0.05) is 0 Å². The zero-order chi connectivity index (χ0) is 14.5. The second-order valence-electron chi connectivity index (χ2n) is 5.22. The molecular formula is C16H21NO3. The first kappa shape index (κ1) is 14.4. The van der Waals surface area contributed by atoms with Gasteiger partial charge in [-0.05, 0) is 24.0 Å². The van der Waals surface area contributed by atoms with E-state index in [-0.39, 0.29) is 17.7 Å². The molecule has 1 N–H and O–H groups in total. The summed E-state index contributed by atoms with van der Waals surface area (Å²) >= 11 is 0. The number of amides is 1. The molecule has 0 aromatic heterocycles. The molecule has 1 aromatic carbocycles. The van der Waals surface area contributed by atoms with Crippen LogP contribution < -0.4 is 5.32 Å². The molecule has 0 radical (unpaired) electrons. The maximum atomic E-state index is 12.0. The Morgan fingerprint density at radius 3 is 2.30 bits per heavy atom. The van der Waals surface area contributed by atoms with E-state index in [1.54, 1.807) is 0 Å². The highest BCUT2D eigenvalue weighted by molar-refractivity contribution is 5.91. The smallest absolute Gasteiger partial charge is 0.290 e. The van der Waals surface area contributed by atoms with Crippen LogP contribution in [-0.4, -0.2) is 19.1 Å². The minimum Gasteiger partial charge on any atom is -0.494 e. The van der Waals surface area contributed by atoms with Gasteiger partial charge in [0.25, 0.3) is 5.91 Å². The third-order valence-electron chi connectivity index (χ3n) is 3.32. The minimum absolute atomic E-state index is 0.0739. The Labute approximate surface area is 119 Å². The van der Waals surface area contributed by atoms with Crippen molar-refractivity contribution in [1.82, 2.24) is 5.32 Å². The van der Waals surface area contributed by atoms with Crippen LogP contribution in [0.1, 0.15) is 43.9 Å². The van der Waals surface area contributed by atoms with Gasteiger partial charge in [-0.15, -0.1) is 0 Å². The van der Waals surface area contributed by atoms with Crippen molar-refractivity contribution >= 4 is 5.91 Å². The molecule has 1 unspecified atom stereocenters. The van der Waals surface area contributed by atoms with E-state index < -0.39 is 0 Å². The van der Waals surface area contributed by atoms with Crippen molar-refractivity contribution in [3.63, 3.8) is 0 Å². The van der Waals surface area contributed by atoms with Crippen LogP contribution >= 0.6 is 0 Å². The Kier molecular flexibility index (Phi) is 4.66. The lowest BCUT2D eigenvalue weighted by Gasteiger charge is -2.19. The van der Waals surface area contributed by atoms with Gasteiger partial charge in [-0.25, -0.2) is 0 Å². The molecule has 1 atom stereocenters. The maximum Gasteiger partial charge on any atom is 0.290 e. The van der Waals surface area contributed by atoms with E-state index in [1.807, 2.05) is 19.1 Å². The first-order valence-electron chi connectivity index (χ1n) is 6.93. The molecule has 108 valence electrons. The van der Waals surface area contributed by atoms with Gasteiger partial charge in [0.15, 0.2) is 0 Å². The molecule has 20 heavy (non-hydrogen) atoms. The fraction of sp³-hybridized carbons (Fsp3) is 0.438. The van der Waals surface area contributed by atoms with Crippen LogP contribution in [0.2, 0.25) is 0 Å². The number of hydrogen-bond donors (Lipinski definition) is 1. The summed E-state index contributed by atoms with van der Waals surface area (Å²) in [6.45, 7) is 7.17. The van der Waals surface area contributed by atoms with Crippen LogP contribution in [0.4, 0.5) is 0 Å². The summed E-state index contributed by atoms with van der Waals surface area (Å²) in [5.74, 6) is 0.499. The van der Waals surface area contributed by atoms with E-state index in [0.717, 1.165) is 5.56 Å². The van der Waals surface area contributed by atoms with Crippen molar-refractivity contribution in [2.75, 3.05) is 13.2 Å². The van der Waals surface area contributed by atoms with Crippen molar-refractivity contribution in [3.8, 4) is 0 Å². The van der Waals surface area contributed by atoms with Crippen molar-refractivity contribution in [2.45, 2.75) is 32.7 Å². The highest BCUT2D eigenvalue weighted by Crippen LogP contribution is 2.19. The number of carbonyl (C=O) groups is 1. The molecule has 4 nitrogen and oxygen atoms in total. The number of ether oxygens (including phenoxy) is 2. The monoisotopic (exact) mass is 275 g/mol. The molecule has 4 heteroatoms. The zero-order valence-corrected chi connectivity index (χ0v) is 12.2. The third kappa shape index (κ3) is 3.53. The molecule has 0 spiro atoms. The van der Waals surface area contributed by atoms with Crippen molar-refractivity contribution < 1.29 is 14.3 Å². The fourth-order valence-electron chi connectivity index (χ4n) is 2.01.